The van der Waals surface area contributed by atoms with Gasteiger partial charge in [-0.2, -0.15) is 9.98 Å². The van der Waals surface area contributed by atoms with Crippen molar-refractivity contribution < 1.29 is 17.9 Å². The summed E-state index contributed by atoms with van der Waals surface area (Å²) in [6.07, 6.45) is 0. The fourth-order valence-corrected chi connectivity index (χ4v) is 1.98. The molecule has 0 bridgehead atoms. The average molecular weight is 234 g/mol. The number of carbonyl (C=O) groups excluding carboxylic acids is 1. The SMILES string of the molecule is COC(=O)CS(=O)(=O)NC(C#N)C(C)C. The number of esters is 1. The van der Waals surface area contributed by atoms with Gasteiger partial charge < -0.3 is 4.74 Å². The van der Waals surface area contributed by atoms with E-state index in [4.69, 9.17) is 5.26 Å². The smallest absolute Gasteiger partial charge is 0.322 e. The van der Waals surface area contributed by atoms with Crippen molar-refractivity contribution in [2.24, 2.45) is 5.92 Å². The van der Waals surface area contributed by atoms with Crippen molar-refractivity contribution in [1.29, 1.82) is 5.26 Å². The van der Waals surface area contributed by atoms with Crippen molar-refractivity contribution in [1.82, 2.24) is 4.72 Å². The standard InChI is InChI=1S/C8H14N2O4S/c1-6(2)7(4-9)10-15(12,13)5-8(11)14-3/h6-7,10H,5H2,1-3H3. The zero-order valence-corrected chi connectivity index (χ0v) is 9.67. The van der Waals surface area contributed by atoms with Crippen LogP contribution in [0.4, 0.5) is 0 Å². The Balaban J connectivity index is 4.51. The highest BCUT2D eigenvalue weighted by molar-refractivity contribution is 7.90. The van der Waals surface area contributed by atoms with Crippen molar-refractivity contribution in [3.63, 3.8) is 0 Å². The third-order valence-electron chi connectivity index (χ3n) is 1.65. The monoisotopic (exact) mass is 234 g/mol. The van der Waals surface area contributed by atoms with E-state index in [1.807, 2.05) is 0 Å². The molecule has 0 radical (unpaired) electrons. The Kier molecular flexibility index (Phi) is 5.25. The maximum absolute atomic E-state index is 11.3. The first-order chi connectivity index (χ1) is 6.82. The number of ether oxygens (including phenoxy) is 1. The van der Waals surface area contributed by atoms with Gasteiger partial charge in [-0.05, 0) is 5.92 Å². The van der Waals surface area contributed by atoms with Crippen LogP contribution in [0.2, 0.25) is 0 Å². The summed E-state index contributed by atoms with van der Waals surface area (Å²) in [6, 6.07) is 0.973. The first kappa shape index (κ1) is 13.9. The molecule has 0 amide bonds. The largest absolute Gasteiger partial charge is 0.468 e. The molecule has 0 aromatic heterocycles. The van der Waals surface area contributed by atoms with Gasteiger partial charge in [-0.1, -0.05) is 13.8 Å². The lowest BCUT2D eigenvalue weighted by atomic mass is 10.1. The Hall–Kier alpha value is -1.13. The third kappa shape index (κ3) is 5.34. The molecule has 7 heteroatoms. The van der Waals surface area contributed by atoms with Crippen molar-refractivity contribution in [3.8, 4) is 6.07 Å². The lowest BCUT2D eigenvalue weighted by molar-refractivity contribution is -0.137. The lowest BCUT2D eigenvalue weighted by Gasteiger charge is -2.14. The predicted octanol–water partition coefficient (Wildman–Crippen LogP) is -0.373. The van der Waals surface area contributed by atoms with Gasteiger partial charge in [0.05, 0.1) is 13.2 Å². The summed E-state index contributed by atoms with van der Waals surface area (Å²) >= 11 is 0. The second kappa shape index (κ2) is 5.68. The van der Waals surface area contributed by atoms with Crippen molar-refractivity contribution in [3.05, 3.63) is 0 Å². The fraction of sp³-hybridized carbons (Fsp3) is 0.750. The first-order valence-electron chi connectivity index (χ1n) is 4.29. The Morgan fingerprint density at radius 3 is 2.40 bits per heavy atom. The predicted molar refractivity (Wildman–Crippen MR) is 53.2 cm³/mol. The van der Waals surface area contributed by atoms with E-state index < -0.39 is 27.8 Å². The minimum Gasteiger partial charge on any atom is -0.468 e. The highest BCUT2D eigenvalue weighted by Crippen LogP contribution is 2.02. The third-order valence-corrected chi connectivity index (χ3v) is 2.88. The van der Waals surface area contributed by atoms with Crippen LogP contribution in [0, 0.1) is 17.2 Å². The second-order valence-electron chi connectivity index (χ2n) is 3.30. The summed E-state index contributed by atoms with van der Waals surface area (Å²) in [6.45, 7) is 3.41. The van der Waals surface area contributed by atoms with E-state index in [0.29, 0.717) is 0 Å². The summed E-state index contributed by atoms with van der Waals surface area (Å²) in [4.78, 5) is 10.7. The number of nitriles is 1. The summed E-state index contributed by atoms with van der Waals surface area (Å²) in [5, 5.41) is 8.66. The Labute approximate surface area is 89.3 Å². The molecule has 0 aliphatic heterocycles. The van der Waals surface area contributed by atoms with E-state index in [0.717, 1.165) is 7.11 Å². The molecule has 6 nitrogen and oxygen atoms in total. The van der Waals surface area contributed by atoms with E-state index in [1.54, 1.807) is 19.9 Å². The molecule has 15 heavy (non-hydrogen) atoms. The Morgan fingerprint density at radius 1 is 1.53 bits per heavy atom. The molecular weight excluding hydrogens is 220 g/mol. The van der Waals surface area contributed by atoms with Crippen LogP contribution < -0.4 is 4.72 Å². The van der Waals surface area contributed by atoms with Crippen LogP contribution in [0.3, 0.4) is 0 Å². The van der Waals surface area contributed by atoms with E-state index in [2.05, 4.69) is 9.46 Å². The van der Waals surface area contributed by atoms with Crippen LogP contribution >= 0.6 is 0 Å². The Bertz CT molecular complexity index is 355. The molecule has 0 aromatic rings. The molecule has 0 aliphatic carbocycles. The minimum absolute atomic E-state index is 0.164. The molecule has 0 aliphatic rings. The summed E-state index contributed by atoms with van der Waals surface area (Å²) in [7, 11) is -2.70. The Morgan fingerprint density at radius 2 is 2.07 bits per heavy atom. The van der Waals surface area contributed by atoms with Gasteiger partial charge in [0.15, 0.2) is 5.75 Å². The number of rotatable bonds is 5. The topological polar surface area (TPSA) is 96.3 Å². The molecular formula is C8H14N2O4S. The number of carbonyl (C=O) groups is 1. The van der Waals surface area contributed by atoms with E-state index in [1.165, 1.54) is 0 Å². The molecule has 86 valence electrons. The van der Waals surface area contributed by atoms with Crippen LogP contribution in [0.25, 0.3) is 0 Å². The molecule has 0 aromatic carbocycles. The number of sulfonamides is 1. The fourth-order valence-electron chi connectivity index (χ4n) is 0.761. The number of nitrogens with one attached hydrogen (secondary N) is 1. The van der Waals surface area contributed by atoms with Gasteiger partial charge in [-0.3, -0.25) is 4.79 Å². The average Bonchev–Trinajstić information content (AvgIpc) is 2.13. The first-order valence-corrected chi connectivity index (χ1v) is 5.94. The molecule has 1 unspecified atom stereocenters. The summed E-state index contributed by atoms with van der Waals surface area (Å²) < 4.78 is 29.0. The molecule has 0 rings (SSSR count). The van der Waals surface area contributed by atoms with Crippen LogP contribution in [0.1, 0.15) is 13.8 Å². The molecule has 0 fully saturated rings. The number of hydrogen-bond donors (Lipinski definition) is 1. The van der Waals surface area contributed by atoms with Crippen LogP contribution in [0.5, 0.6) is 0 Å². The normalized spacial score (nSPS) is 13.3. The van der Waals surface area contributed by atoms with Gasteiger partial charge in [0.25, 0.3) is 0 Å². The minimum atomic E-state index is -3.80. The maximum atomic E-state index is 11.3. The van der Waals surface area contributed by atoms with Gasteiger partial charge in [0.1, 0.15) is 6.04 Å². The summed E-state index contributed by atoms with van der Waals surface area (Å²) in [5.74, 6) is -1.79. The highest BCUT2D eigenvalue weighted by atomic mass is 32.2. The van der Waals surface area contributed by atoms with Gasteiger partial charge >= 0.3 is 5.97 Å². The quantitative estimate of drug-likeness (QED) is 0.654. The van der Waals surface area contributed by atoms with Crippen molar-refractivity contribution in [2.75, 3.05) is 12.9 Å². The van der Waals surface area contributed by atoms with E-state index in [9.17, 15) is 13.2 Å². The van der Waals surface area contributed by atoms with Crippen molar-refractivity contribution >= 4 is 16.0 Å². The van der Waals surface area contributed by atoms with Gasteiger partial charge in [0, 0.05) is 0 Å². The van der Waals surface area contributed by atoms with Crippen molar-refractivity contribution in [2.45, 2.75) is 19.9 Å². The number of methoxy groups -OCH3 is 1. The van der Waals surface area contributed by atoms with Gasteiger partial charge in [-0.15, -0.1) is 0 Å². The van der Waals surface area contributed by atoms with E-state index >= 15 is 0 Å². The van der Waals surface area contributed by atoms with Crippen LogP contribution in [-0.4, -0.2) is 33.3 Å². The number of hydrogen-bond acceptors (Lipinski definition) is 5. The van der Waals surface area contributed by atoms with E-state index in [-0.39, 0.29) is 5.92 Å². The number of nitrogens with zero attached hydrogens (tertiary/aromatic N) is 1. The molecule has 0 spiro atoms. The van der Waals surface area contributed by atoms with Crippen LogP contribution in [-0.2, 0) is 19.6 Å². The second-order valence-corrected chi connectivity index (χ2v) is 5.06. The van der Waals surface area contributed by atoms with Crippen LogP contribution in [0.15, 0.2) is 0 Å². The zero-order valence-electron chi connectivity index (χ0n) is 8.85. The maximum Gasteiger partial charge on any atom is 0.322 e. The van der Waals surface area contributed by atoms with Gasteiger partial charge in [0.2, 0.25) is 10.0 Å². The molecule has 1 atom stereocenters. The highest BCUT2D eigenvalue weighted by Gasteiger charge is 2.23. The molecule has 0 saturated heterocycles. The summed E-state index contributed by atoms with van der Waals surface area (Å²) in [5.41, 5.74) is 0. The molecule has 0 heterocycles. The van der Waals surface area contributed by atoms with Gasteiger partial charge in [-0.25, -0.2) is 8.42 Å². The molecule has 0 saturated carbocycles. The lowest BCUT2D eigenvalue weighted by Crippen LogP contribution is -2.40. The zero-order chi connectivity index (χ0) is 12.1. The molecule has 1 N–H and O–H groups in total.